The topological polar surface area (TPSA) is 50.9 Å². The number of aromatic nitrogens is 1. The van der Waals surface area contributed by atoms with E-state index in [-0.39, 0.29) is 0 Å². The van der Waals surface area contributed by atoms with Gasteiger partial charge in [0.15, 0.2) is 0 Å². The summed E-state index contributed by atoms with van der Waals surface area (Å²) >= 11 is 0. The van der Waals surface area contributed by atoms with Crippen molar-refractivity contribution in [1.82, 2.24) is 4.98 Å². The van der Waals surface area contributed by atoms with Gasteiger partial charge in [-0.05, 0) is 49.0 Å². The van der Waals surface area contributed by atoms with Crippen LogP contribution in [-0.2, 0) is 0 Å². The quantitative estimate of drug-likeness (QED) is 0.794. The van der Waals surface area contributed by atoms with Gasteiger partial charge in [-0.2, -0.15) is 0 Å². The molecule has 1 heterocycles. The third-order valence-corrected chi connectivity index (χ3v) is 4.85. The molecule has 4 atom stereocenters. The first-order valence-corrected chi connectivity index (χ1v) is 6.31. The molecule has 0 saturated heterocycles. The number of pyridine rings is 1. The highest BCUT2D eigenvalue weighted by Crippen LogP contribution is 2.66. The van der Waals surface area contributed by atoms with Crippen LogP contribution in [0, 0.1) is 23.7 Å². The number of anilines is 2. The molecule has 3 aliphatic carbocycles. The molecule has 3 heteroatoms. The molecule has 16 heavy (non-hydrogen) atoms. The van der Waals surface area contributed by atoms with Crippen LogP contribution in [0.2, 0.25) is 0 Å². The van der Waals surface area contributed by atoms with E-state index < -0.39 is 0 Å². The van der Waals surface area contributed by atoms with Crippen LogP contribution in [0.1, 0.15) is 19.3 Å². The Balaban J connectivity index is 1.51. The fourth-order valence-corrected chi connectivity index (χ4v) is 4.25. The first kappa shape index (κ1) is 8.85. The van der Waals surface area contributed by atoms with E-state index in [4.69, 9.17) is 5.73 Å². The van der Waals surface area contributed by atoms with Gasteiger partial charge in [0.1, 0.15) is 5.82 Å². The molecule has 3 aliphatic rings. The molecule has 3 N–H and O–H groups in total. The molecular weight excluding hydrogens is 198 g/mol. The van der Waals surface area contributed by atoms with Crippen molar-refractivity contribution < 1.29 is 0 Å². The Kier molecular flexibility index (Phi) is 1.61. The number of nitrogen functional groups attached to an aromatic ring is 1. The summed E-state index contributed by atoms with van der Waals surface area (Å²) in [5, 5.41) is 3.64. The minimum atomic E-state index is 0.610. The van der Waals surface area contributed by atoms with Gasteiger partial charge in [-0.15, -0.1) is 0 Å². The lowest BCUT2D eigenvalue weighted by molar-refractivity contribution is 0.456. The van der Waals surface area contributed by atoms with Crippen LogP contribution < -0.4 is 11.1 Å². The first-order valence-electron chi connectivity index (χ1n) is 6.31. The van der Waals surface area contributed by atoms with Crippen molar-refractivity contribution in [3.05, 3.63) is 18.3 Å². The zero-order chi connectivity index (χ0) is 10.7. The Morgan fingerprint density at radius 2 is 2.00 bits per heavy atom. The van der Waals surface area contributed by atoms with Crippen LogP contribution in [0.5, 0.6) is 0 Å². The minimum absolute atomic E-state index is 0.610. The van der Waals surface area contributed by atoms with Gasteiger partial charge in [0.25, 0.3) is 0 Å². The van der Waals surface area contributed by atoms with Crippen molar-refractivity contribution in [1.29, 1.82) is 0 Å². The van der Waals surface area contributed by atoms with Gasteiger partial charge in [-0.3, -0.25) is 0 Å². The first-order chi connectivity index (χ1) is 7.83. The number of nitrogens with zero attached hydrogens (tertiary/aromatic N) is 1. The van der Waals surface area contributed by atoms with Crippen molar-refractivity contribution in [2.45, 2.75) is 25.3 Å². The minimum Gasteiger partial charge on any atom is -0.384 e. The van der Waals surface area contributed by atoms with Crippen LogP contribution in [0.3, 0.4) is 0 Å². The van der Waals surface area contributed by atoms with Crippen LogP contribution in [-0.4, -0.2) is 11.0 Å². The van der Waals surface area contributed by atoms with Gasteiger partial charge in [-0.25, -0.2) is 4.98 Å². The highest BCUT2D eigenvalue weighted by molar-refractivity contribution is 5.52. The second-order valence-corrected chi connectivity index (χ2v) is 5.63. The summed E-state index contributed by atoms with van der Waals surface area (Å²) in [5.41, 5.74) is 6.83. The van der Waals surface area contributed by atoms with Crippen molar-refractivity contribution >= 4 is 11.5 Å². The molecule has 3 nitrogen and oxygen atoms in total. The van der Waals surface area contributed by atoms with E-state index in [1.165, 1.54) is 19.3 Å². The Hall–Kier alpha value is -1.25. The maximum absolute atomic E-state index is 5.69. The summed E-state index contributed by atoms with van der Waals surface area (Å²) in [5.74, 6) is 4.58. The second-order valence-electron chi connectivity index (χ2n) is 5.63. The number of hydrogen-bond donors (Lipinski definition) is 2. The summed E-state index contributed by atoms with van der Waals surface area (Å²) in [6.07, 6.45) is 6.24. The molecule has 0 spiro atoms. The van der Waals surface area contributed by atoms with Gasteiger partial charge in [0.2, 0.25) is 0 Å². The number of hydrogen-bond acceptors (Lipinski definition) is 3. The largest absolute Gasteiger partial charge is 0.384 e. The van der Waals surface area contributed by atoms with Crippen LogP contribution in [0.15, 0.2) is 18.3 Å². The van der Waals surface area contributed by atoms with Crippen molar-refractivity contribution in [2.24, 2.45) is 23.7 Å². The molecule has 4 rings (SSSR count). The van der Waals surface area contributed by atoms with E-state index in [0.29, 0.717) is 5.82 Å². The average Bonchev–Trinajstić information content (AvgIpc) is 2.70. The molecular formula is C13H17N3. The third-order valence-electron chi connectivity index (χ3n) is 4.85. The predicted octanol–water partition coefficient (Wildman–Crippen LogP) is 2.12. The number of rotatable bonds is 2. The Morgan fingerprint density at radius 1 is 1.25 bits per heavy atom. The summed E-state index contributed by atoms with van der Waals surface area (Å²) in [6.45, 7) is 0. The summed E-state index contributed by atoms with van der Waals surface area (Å²) in [4.78, 5) is 4.02. The van der Waals surface area contributed by atoms with Crippen LogP contribution in [0.25, 0.3) is 0 Å². The zero-order valence-corrected chi connectivity index (χ0v) is 9.26. The van der Waals surface area contributed by atoms with Crippen LogP contribution >= 0.6 is 0 Å². The van der Waals surface area contributed by atoms with Crippen molar-refractivity contribution in [2.75, 3.05) is 11.1 Å². The molecule has 2 bridgehead atoms. The summed E-state index contributed by atoms with van der Waals surface area (Å²) in [7, 11) is 0. The molecule has 1 aromatic heterocycles. The molecule has 3 saturated carbocycles. The molecule has 84 valence electrons. The number of nitrogens with two attached hydrogens (primary N) is 1. The van der Waals surface area contributed by atoms with Crippen LogP contribution in [0.4, 0.5) is 11.5 Å². The molecule has 4 unspecified atom stereocenters. The van der Waals surface area contributed by atoms with E-state index in [0.717, 1.165) is 35.4 Å². The Morgan fingerprint density at radius 3 is 2.69 bits per heavy atom. The molecule has 0 aromatic carbocycles. The van der Waals surface area contributed by atoms with E-state index in [2.05, 4.69) is 10.3 Å². The smallest absolute Gasteiger partial charge is 0.125 e. The molecule has 0 radical (unpaired) electrons. The fourth-order valence-electron chi connectivity index (χ4n) is 4.25. The van der Waals surface area contributed by atoms with E-state index in [1.807, 2.05) is 12.1 Å². The number of nitrogens with one attached hydrogen (secondary N) is 1. The summed E-state index contributed by atoms with van der Waals surface area (Å²) < 4.78 is 0. The molecule has 0 amide bonds. The van der Waals surface area contributed by atoms with Gasteiger partial charge >= 0.3 is 0 Å². The van der Waals surface area contributed by atoms with Gasteiger partial charge < -0.3 is 11.1 Å². The molecule has 0 aliphatic heterocycles. The lowest BCUT2D eigenvalue weighted by Gasteiger charge is -2.11. The van der Waals surface area contributed by atoms with Crippen molar-refractivity contribution in [3.63, 3.8) is 0 Å². The summed E-state index contributed by atoms with van der Waals surface area (Å²) in [6, 6.07) is 4.69. The molecule has 1 aromatic rings. The Labute approximate surface area is 95.4 Å². The Bertz CT molecular complexity index is 415. The van der Waals surface area contributed by atoms with E-state index in [9.17, 15) is 0 Å². The SMILES string of the molecule is Nc1cc(NC2C3C4CCC(C4)C23)ccn1. The van der Waals surface area contributed by atoms with Crippen molar-refractivity contribution in [3.8, 4) is 0 Å². The standard InChI is InChI=1S/C13H17N3/c14-10-6-9(3-4-15-10)16-13-11-7-1-2-8(5-7)12(11)13/h3-4,6-8,11-13H,1-2,5H2,(H3,14,15,16). The average molecular weight is 215 g/mol. The van der Waals surface area contributed by atoms with Gasteiger partial charge in [-0.1, -0.05) is 0 Å². The highest BCUT2D eigenvalue weighted by atomic mass is 15.0. The predicted molar refractivity (Wildman–Crippen MR) is 63.9 cm³/mol. The number of fused-ring (bicyclic) bond motifs is 5. The zero-order valence-electron chi connectivity index (χ0n) is 9.26. The monoisotopic (exact) mass is 215 g/mol. The van der Waals surface area contributed by atoms with Gasteiger partial charge in [0, 0.05) is 24.0 Å². The van der Waals surface area contributed by atoms with E-state index in [1.54, 1.807) is 6.20 Å². The maximum Gasteiger partial charge on any atom is 0.125 e. The van der Waals surface area contributed by atoms with E-state index >= 15 is 0 Å². The lowest BCUT2D eigenvalue weighted by Crippen LogP contribution is -2.12. The lowest BCUT2D eigenvalue weighted by atomic mass is 10.0. The maximum atomic E-state index is 5.69. The normalized spacial score (nSPS) is 43.1. The third kappa shape index (κ3) is 1.11. The second kappa shape index (κ2) is 2.90. The highest BCUT2D eigenvalue weighted by Gasteiger charge is 2.64. The van der Waals surface area contributed by atoms with Gasteiger partial charge in [0.05, 0.1) is 0 Å². The fraction of sp³-hybridized carbons (Fsp3) is 0.615. The molecule has 3 fully saturated rings.